The topological polar surface area (TPSA) is 9.23 Å². The van der Waals surface area contributed by atoms with E-state index in [1.807, 2.05) is 24.3 Å². The third kappa shape index (κ3) is 5.45. The van der Waals surface area contributed by atoms with Crippen LogP contribution < -0.4 is 4.74 Å². The predicted octanol–water partition coefficient (Wildman–Crippen LogP) is 5.16. The average molecular weight is 255 g/mol. The van der Waals surface area contributed by atoms with Crippen molar-refractivity contribution in [3.8, 4) is 5.75 Å². The molecular weight excluding hydrogens is 232 g/mol. The van der Waals surface area contributed by atoms with Crippen molar-refractivity contribution in [1.82, 2.24) is 0 Å². The molecule has 0 heterocycles. The molecule has 17 heavy (non-hydrogen) atoms. The quantitative estimate of drug-likeness (QED) is 0.460. The number of ether oxygens (including phenoxy) is 1. The number of hydrogen-bond donors (Lipinski definition) is 0. The number of para-hydroxylation sites is 1. The summed E-state index contributed by atoms with van der Waals surface area (Å²) in [5.41, 5.74) is 1.08. The van der Waals surface area contributed by atoms with E-state index in [0.717, 1.165) is 17.7 Å². The van der Waals surface area contributed by atoms with Gasteiger partial charge in [-0.15, -0.1) is 11.6 Å². The van der Waals surface area contributed by atoms with Gasteiger partial charge in [-0.05, 0) is 25.8 Å². The van der Waals surface area contributed by atoms with Crippen LogP contribution in [-0.4, -0.2) is 6.10 Å². The van der Waals surface area contributed by atoms with E-state index in [1.54, 1.807) is 0 Å². The van der Waals surface area contributed by atoms with Crippen LogP contribution in [0, 0.1) is 0 Å². The maximum atomic E-state index is 5.93. The molecule has 0 aliphatic heterocycles. The molecule has 0 aliphatic carbocycles. The summed E-state index contributed by atoms with van der Waals surface area (Å²) in [5, 5.41) is 0. The van der Waals surface area contributed by atoms with Crippen molar-refractivity contribution in [1.29, 1.82) is 0 Å². The van der Waals surface area contributed by atoms with E-state index < -0.39 is 0 Å². The van der Waals surface area contributed by atoms with Crippen LogP contribution in [0.2, 0.25) is 0 Å². The van der Waals surface area contributed by atoms with Crippen LogP contribution in [-0.2, 0) is 5.88 Å². The van der Waals surface area contributed by atoms with Crippen LogP contribution in [0.1, 0.15) is 51.5 Å². The first kappa shape index (κ1) is 14.4. The van der Waals surface area contributed by atoms with Gasteiger partial charge in [0.05, 0.1) is 12.0 Å². The zero-order valence-electron chi connectivity index (χ0n) is 10.9. The first-order valence-corrected chi connectivity index (χ1v) is 7.12. The highest BCUT2D eigenvalue weighted by molar-refractivity contribution is 6.17. The summed E-state index contributed by atoms with van der Waals surface area (Å²) < 4.78 is 5.93. The Labute approximate surface area is 110 Å². The smallest absolute Gasteiger partial charge is 0.124 e. The third-order valence-corrected chi connectivity index (χ3v) is 3.20. The molecule has 0 spiro atoms. The second-order valence-corrected chi connectivity index (χ2v) is 4.79. The highest BCUT2D eigenvalue weighted by Crippen LogP contribution is 2.22. The number of hydrogen-bond acceptors (Lipinski definition) is 1. The molecular formula is C15H23ClO. The van der Waals surface area contributed by atoms with Gasteiger partial charge in [-0.3, -0.25) is 0 Å². The fourth-order valence-electron chi connectivity index (χ4n) is 1.86. The van der Waals surface area contributed by atoms with Gasteiger partial charge >= 0.3 is 0 Å². The Kier molecular flexibility index (Phi) is 7.11. The maximum absolute atomic E-state index is 5.93. The van der Waals surface area contributed by atoms with Gasteiger partial charge in [-0.2, -0.15) is 0 Å². The van der Waals surface area contributed by atoms with E-state index in [4.69, 9.17) is 16.3 Å². The second-order valence-electron chi connectivity index (χ2n) is 4.52. The molecule has 0 N–H and O–H groups in total. The van der Waals surface area contributed by atoms with Gasteiger partial charge in [0.2, 0.25) is 0 Å². The molecule has 96 valence electrons. The van der Waals surface area contributed by atoms with Crippen LogP contribution in [0.3, 0.4) is 0 Å². The van der Waals surface area contributed by atoms with Gasteiger partial charge < -0.3 is 4.74 Å². The van der Waals surface area contributed by atoms with E-state index in [0.29, 0.717) is 5.88 Å². The summed E-state index contributed by atoms with van der Waals surface area (Å²) in [6.07, 6.45) is 6.56. The molecule has 2 heteroatoms. The fourth-order valence-corrected chi connectivity index (χ4v) is 2.08. The second kappa shape index (κ2) is 8.41. The minimum atomic E-state index is 0.274. The lowest BCUT2D eigenvalue weighted by atomic mass is 10.1. The zero-order valence-corrected chi connectivity index (χ0v) is 11.7. The SMILES string of the molecule is CCCCCCC(C)Oc1ccccc1CCl. The average Bonchev–Trinajstić information content (AvgIpc) is 2.35. The molecule has 1 rings (SSSR count). The molecule has 1 nitrogen and oxygen atoms in total. The molecule has 0 amide bonds. The molecule has 1 aromatic carbocycles. The molecule has 1 unspecified atom stereocenters. The summed E-state index contributed by atoms with van der Waals surface area (Å²) in [5.74, 6) is 1.45. The Morgan fingerprint density at radius 3 is 2.65 bits per heavy atom. The van der Waals surface area contributed by atoms with E-state index in [-0.39, 0.29) is 6.10 Å². The summed E-state index contributed by atoms with van der Waals surface area (Å²) in [6.45, 7) is 4.37. The first-order chi connectivity index (χ1) is 8.27. The largest absolute Gasteiger partial charge is 0.490 e. The molecule has 0 bridgehead atoms. The van der Waals surface area contributed by atoms with Crippen LogP contribution in [0.25, 0.3) is 0 Å². The monoisotopic (exact) mass is 254 g/mol. The van der Waals surface area contributed by atoms with Gasteiger partial charge in [-0.1, -0.05) is 44.4 Å². The van der Waals surface area contributed by atoms with Crippen molar-refractivity contribution < 1.29 is 4.74 Å². The number of benzene rings is 1. The molecule has 0 saturated heterocycles. The van der Waals surface area contributed by atoms with Crippen molar-refractivity contribution in [3.63, 3.8) is 0 Å². The fraction of sp³-hybridized carbons (Fsp3) is 0.600. The van der Waals surface area contributed by atoms with Crippen molar-refractivity contribution in [2.24, 2.45) is 0 Å². The standard InChI is InChI=1S/C15H23ClO/c1-3-4-5-6-9-13(2)17-15-11-8-7-10-14(15)12-16/h7-8,10-11,13H,3-6,9,12H2,1-2H3. The molecule has 0 fully saturated rings. The highest BCUT2D eigenvalue weighted by atomic mass is 35.5. The molecule has 1 aromatic rings. The number of unbranched alkanes of at least 4 members (excludes halogenated alkanes) is 3. The van der Waals surface area contributed by atoms with Crippen molar-refractivity contribution in [3.05, 3.63) is 29.8 Å². The molecule has 1 atom stereocenters. The lowest BCUT2D eigenvalue weighted by Crippen LogP contribution is -2.12. The predicted molar refractivity (Wildman–Crippen MR) is 74.8 cm³/mol. The Bertz CT molecular complexity index is 312. The highest BCUT2D eigenvalue weighted by Gasteiger charge is 2.07. The van der Waals surface area contributed by atoms with Gasteiger partial charge in [0.15, 0.2) is 0 Å². The maximum Gasteiger partial charge on any atom is 0.124 e. The third-order valence-electron chi connectivity index (χ3n) is 2.91. The molecule has 0 saturated carbocycles. The number of rotatable bonds is 8. The molecule has 0 aliphatic rings. The Hall–Kier alpha value is -0.690. The summed E-state index contributed by atoms with van der Waals surface area (Å²) in [4.78, 5) is 0. The minimum Gasteiger partial charge on any atom is -0.490 e. The lowest BCUT2D eigenvalue weighted by molar-refractivity contribution is 0.205. The minimum absolute atomic E-state index is 0.274. The van der Waals surface area contributed by atoms with Gasteiger partial charge in [-0.25, -0.2) is 0 Å². The van der Waals surface area contributed by atoms with Crippen LogP contribution in [0.4, 0.5) is 0 Å². The number of halogens is 1. The first-order valence-electron chi connectivity index (χ1n) is 6.58. The Morgan fingerprint density at radius 2 is 1.94 bits per heavy atom. The van der Waals surface area contributed by atoms with Crippen LogP contribution in [0.15, 0.2) is 24.3 Å². The van der Waals surface area contributed by atoms with Crippen LogP contribution in [0.5, 0.6) is 5.75 Å². The summed E-state index contributed by atoms with van der Waals surface area (Å²) in [6, 6.07) is 8.01. The van der Waals surface area contributed by atoms with Crippen molar-refractivity contribution >= 4 is 11.6 Å². The molecule has 0 aromatic heterocycles. The number of alkyl halides is 1. The lowest BCUT2D eigenvalue weighted by Gasteiger charge is -2.16. The summed E-state index contributed by atoms with van der Waals surface area (Å²) >= 11 is 5.88. The van der Waals surface area contributed by atoms with Crippen molar-refractivity contribution in [2.45, 2.75) is 57.9 Å². The summed E-state index contributed by atoms with van der Waals surface area (Å²) in [7, 11) is 0. The normalized spacial score (nSPS) is 12.4. The van der Waals surface area contributed by atoms with Crippen LogP contribution >= 0.6 is 11.6 Å². The van der Waals surface area contributed by atoms with E-state index in [2.05, 4.69) is 13.8 Å². The Balaban J connectivity index is 2.36. The van der Waals surface area contributed by atoms with Gasteiger partial charge in [0.1, 0.15) is 5.75 Å². The Morgan fingerprint density at radius 1 is 1.18 bits per heavy atom. The van der Waals surface area contributed by atoms with E-state index in [1.165, 1.54) is 25.7 Å². The van der Waals surface area contributed by atoms with Gasteiger partial charge in [0.25, 0.3) is 0 Å². The van der Waals surface area contributed by atoms with E-state index >= 15 is 0 Å². The van der Waals surface area contributed by atoms with Gasteiger partial charge in [0, 0.05) is 5.56 Å². The van der Waals surface area contributed by atoms with Crippen molar-refractivity contribution in [2.75, 3.05) is 0 Å². The molecule has 0 radical (unpaired) electrons. The van der Waals surface area contributed by atoms with E-state index in [9.17, 15) is 0 Å². The zero-order chi connectivity index (χ0) is 12.5.